The number of aromatic hydroxyl groups is 1. The lowest BCUT2D eigenvalue weighted by atomic mass is 10.3. The fourth-order valence-electron chi connectivity index (χ4n) is 0.810. The molecule has 1 rings (SSSR count). The molecule has 1 aromatic rings. The predicted molar refractivity (Wildman–Crippen MR) is 41.8 cm³/mol. The maximum Gasteiger partial charge on any atom is 0.284 e. The number of ether oxygens (including phenoxy) is 1. The predicted octanol–water partition coefficient (Wildman–Crippen LogP) is 1.32. The summed E-state index contributed by atoms with van der Waals surface area (Å²) in [5, 5.41) is 9.06. The van der Waals surface area contributed by atoms with Crippen LogP contribution in [0.3, 0.4) is 0 Å². The third-order valence-corrected chi connectivity index (χ3v) is 1.44. The van der Waals surface area contributed by atoms with Crippen LogP contribution in [0.5, 0.6) is 11.6 Å². The van der Waals surface area contributed by atoms with E-state index < -0.39 is 17.9 Å². The smallest absolute Gasteiger partial charge is 0.284 e. The minimum absolute atomic E-state index is 0.0504. The topological polar surface area (TPSA) is 68.4 Å². The zero-order chi connectivity index (χ0) is 10.0. The van der Waals surface area contributed by atoms with Crippen molar-refractivity contribution in [2.75, 3.05) is 12.8 Å². The Morgan fingerprint density at radius 3 is 2.69 bits per heavy atom. The highest BCUT2D eigenvalue weighted by atomic mass is 19.3. The second-order valence-electron chi connectivity index (χ2n) is 2.29. The molecular formula is C7H8F2N2O2. The Hall–Kier alpha value is -1.59. The number of methoxy groups -OCH3 is 1. The molecule has 0 amide bonds. The molecule has 0 unspecified atom stereocenters. The van der Waals surface area contributed by atoms with Gasteiger partial charge in [0.15, 0.2) is 11.4 Å². The summed E-state index contributed by atoms with van der Waals surface area (Å²) in [6.45, 7) is 0. The van der Waals surface area contributed by atoms with Gasteiger partial charge in [-0.2, -0.15) is 0 Å². The largest absolute Gasteiger partial charge is 0.504 e. The number of aromatic nitrogens is 1. The molecule has 0 radical (unpaired) electrons. The fraction of sp³-hybridized carbons (Fsp3) is 0.286. The van der Waals surface area contributed by atoms with Crippen LogP contribution >= 0.6 is 0 Å². The maximum atomic E-state index is 12.2. The van der Waals surface area contributed by atoms with Crippen LogP contribution in [-0.2, 0) is 0 Å². The SMILES string of the molecule is COc1cc(N)c(O)c(C(F)F)n1. The molecule has 0 atom stereocenters. The maximum absolute atomic E-state index is 12.2. The lowest BCUT2D eigenvalue weighted by Crippen LogP contribution is -1.98. The minimum Gasteiger partial charge on any atom is -0.504 e. The molecule has 6 heteroatoms. The summed E-state index contributed by atoms with van der Waals surface area (Å²) in [4.78, 5) is 3.35. The molecule has 0 aliphatic carbocycles. The first-order valence-electron chi connectivity index (χ1n) is 3.37. The number of alkyl halides is 2. The van der Waals surface area contributed by atoms with Gasteiger partial charge in [-0.05, 0) is 0 Å². The van der Waals surface area contributed by atoms with Gasteiger partial charge in [0.05, 0.1) is 12.8 Å². The molecule has 4 nitrogen and oxygen atoms in total. The van der Waals surface area contributed by atoms with Crippen molar-refractivity contribution in [3.05, 3.63) is 11.8 Å². The van der Waals surface area contributed by atoms with Crippen molar-refractivity contribution in [2.45, 2.75) is 6.43 Å². The van der Waals surface area contributed by atoms with Gasteiger partial charge in [-0.25, -0.2) is 13.8 Å². The van der Waals surface area contributed by atoms with E-state index in [0.29, 0.717) is 0 Å². The zero-order valence-corrected chi connectivity index (χ0v) is 6.79. The molecule has 0 fully saturated rings. The monoisotopic (exact) mass is 190 g/mol. The summed E-state index contributed by atoms with van der Waals surface area (Å²) < 4.78 is 29.0. The highest BCUT2D eigenvalue weighted by molar-refractivity contribution is 5.56. The number of pyridine rings is 1. The van der Waals surface area contributed by atoms with E-state index >= 15 is 0 Å². The summed E-state index contributed by atoms with van der Waals surface area (Å²) in [7, 11) is 1.27. The van der Waals surface area contributed by atoms with Crippen molar-refractivity contribution >= 4 is 5.69 Å². The zero-order valence-electron chi connectivity index (χ0n) is 6.79. The van der Waals surface area contributed by atoms with E-state index in [-0.39, 0.29) is 11.6 Å². The van der Waals surface area contributed by atoms with E-state index in [0.717, 1.165) is 0 Å². The minimum atomic E-state index is -2.88. The van der Waals surface area contributed by atoms with Gasteiger partial charge in [-0.3, -0.25) is 0 Å². The molecule has 0 aliphatic rings. The second kappa shape index (κ2) is 3.42. The highest BCUT2D eigenvalue weighted by Gasteiger charge is 2.18. The number of nitrogen functional groups attached to an aromatic ring is 1. The molecule has 13 heavy (non-hydrogen) atoms. The van der Waals surface area contributed by atoms with E-state index in [1.54, 1.807) is 0 Å². The Labute approximate surface area is 73.0 Å². The Kier molecular flexibility index (Phi) is 2.50. The van der Waals surface area contributed by atoms with Crippen LogP contribution in [0, 0.1) is 0 Å². The van der Waals surface area contributed by atoms with Crippen molar-refractivity contribution in [1.82, 2.24) is 4.98 Å². The lowest BCUT2D eigenvalue weighted by molar-refractivity contribution is 0.141. The summed E-state index contributed by atoms with van der Waals surface area (Å²) in [5.41, 5.74) is 4.29. The number of nitrogens with zero attached hydrogens (tertiary/aromatic N) is 1. The Balaban J connectivity index is 3.25. The standard InChI is InChI=1S/C7H8F2N2O2/c1-13-4-2-3(10)6(12)5(11-4)7(8)9/h2,7,12H,1H3,(H2,10,11). The van der Waals surface area contributed by atoms with Crippen molar-refractivity contribution in [2.24, 2.45) is 0 Å². The van der Waals surface area contributed by atoms with Gasteiger partial charge in [-0.15, -0.1) is 0 Å². The molecule has 0 saturated heterocycles. The molecule has 0 saturated carbocycles. The number of halogens is 2. The average molecular weight is 190 g/mol. The van der Waals surface area contributed by atoms with Gasteiger partial charge >= 0.3 is 0 Å². The van der Waals surface area contributed by atoms with E-state index in [4.69, 9.17) is 10.8 Å². The normalized spacial score (nSPS) is 10.5. The fourth-order valence-corrected chi connectivity index (χ4v) is 0.810. The lowest BCUT2D eigenvalue weighted by Gasteiger charge is -2.07. The van der Waals surface area contributed by atoms with Gasteiger partial charge in [0.1, 0.15) is 0 Å². The first-order chi connectivity index (χ1) is 6.06. The van der Waals surface area contributed by atoms with Gasteiger partial charge in [0.2, 0.25) is 5.88 Å². The Morgan fingerprint density at radius 2 is 2.23 bits per heavy atom. The third-order valence-electron chi connectivity index (χ3n) is 1.44. The van der Waals surface area contributed by atoms with E-state index in [1.165, 1.54) is 13.2 Å². The summed E-state index contributed by atoms with van der Waals surface area (Å²) in [6, 6.07) is 1.17. The van der Waals surface area contributed by atoms with Crippen LogP contribution in [0.25, 0.3) is 0 Å². The molecule has 3 N–H and O–H groups in total. The summed E-state index contributed by atoms with van der Waals surface area (Å²) in [5.74, 6) is -0.749. The first kappa shape index (κ1) is 9.50. The average Bonchev–Trinajstić information content (AvgIpc) is 2.09. The van der Waals surface area contributed by atoms with Crippen LogP contribution in [0.15, 0.2) is 6.07 Å². The first-order valence-corrected chi connectivity index (χ1v) is 3.37. The number of anilines is 1. The highest BCUT2D eigenvalue weighted by Crippen LogP contribution is 2.33. The van der Waals surface area contributed by atoms with Crippen LogP contribution in [0.4, 0.5) is 14.5 Å². The molecule has 1 heterocycles. The number of hydrogen-bond acceptors (Lipinski definition) is 4. The van der Waals surface area contributed by atoms with E-state index in [9.17, 15) is 8.78 Å². The van der Waals surface area contributed by atoms with Crippen molar-refractivity contribution in [3.63, 3.8) is 0 Å². The third kappa shape index (κ3) is 1.77. The molecule has 0 bridgehead atoms. The molecule has 72 valence electrons. The van der Waals surface area contributed by atoms with Crippen LogP contribution in [0.2, 0.25) is 0 Å². The molecule has 1 aromatic heterocycles. The van der Waals surface area contributed by atoms with Gasteiger partial charge in [0, 0.05) is 6.07 Å². The second-order valence-corrected chi connectivity index (χ2v) is 2.29. The summed E-state index contributed by atoms with van der Waals surface area (Å²) >= 11 is 0. The molecular weight excluding hydrogens is 182 g/mol. The van der Waals surface area contributed by atoms with Gasteiger partial charge in [0.25, 0.3) is 6.43 Å². The van der Waals surface area contributed by atoms with Gasteiger partial charge in [-0.1, -0.05) is 0 Å². The summed E-state index contributed by atoms with van der Waals surface area (Å²) in [6.07, 6.45) is -2.88. The number of nitrogens with two attached hydrogens (primary N) is 1. The molecule has 0 aliphatic heterocycles. The number of hydrogen-bond donors (Lipinski definition) is 2. The van der Waals surface area contributed by atoms with E-state index in [2.05, 4.69) is 9.72 Å². The Bertz CT molecular complexity index is 318. The number of rotatable bonds is 2. The Morgan fingerprint density at radius 1 is 1.62 bits per heavy atom. The van der Waals surface area contributed by atoms with Crippen LogP contribution in [-0.4, -0.2) is 17.2 Å². The van der Waals surface area contributed by atoms with Crippen molar-refractivity contribution in [1.29, 1.82) is 0 Å². The van der Waals surface area contributed by atoms with Crippen LogP contribution < -0.4 is 10.5 Å². The van der Waals surface area contributed by atoms with Crippen LogP contribution in [0.1, 0.15) is 12.1 Å². The van der Waals surface area contributed by atoms with Crippen molar-refractivity contribution in [3.8, 4) is 11.6 Å². The van der Waals surface area contributed by atoms with Crippen molar-refractivity contribution < 1.29 is 18.6 Å². The molecule has 0 spiro atoms. The van der Waals surface area contributed by atoms with E-state index in [1.807, 2.05) is 0 Å². The van der Waals surface area contributed by atoms with Gasteiger partial charge < -0.3 is 15.6 Å². The quantitative estimate of drug-likeness (QED) is 0.737. The molecule has 0 aromatic carbocycles.